The maximum atomic E-state index is 11.8. The van der Waals surface area contributed by atoms with Crippen LogP contribution in [-0.2, 0) is 14.3 Å². The fourth-order valence-corrected chi connectivity index (χ4v) is 2.08. The summed E-state index contributed by atoms with van der Waals surface area (Å²) in [4.78, 5) is 11.8. The summed E-state index contributed by atoms with van der Waals surface area (Å²) in [6, 6.07) is 18.0. The first kappa shape index (κ1) is 19.0. The molecule has 2 aromatic rings. The van der Waals surface area contributed by atoms with Crippen molar-refractivity contribution >= 4 is 5.97 Å². The quantitative estimate of drug-likeness (QED) is 0.377. The molecule has 0 aliphatic heterocycles. The van der Waals surface area contributed by atoms with E-state index in [2.05, 4.69) is 12.1 Å². The van der Waals surface area contributed by atoms with Crippen LogP contribution in [0.4, 0.5) is 0 Å². The molecule has 0 fully saturated rings. The van der Waals surface area contributed by atoms with Gasteiger partial charge < -0.3 is 14.2 Å². The highest BCUT2D eigenvalue weighted by molar-refractivity contribution is 5.75. The zero-order valence-corrected chi connectivity index (χ0v) is 15.2. The number of hydrogen-bond acceptors (Lipinski definition) is 4. The van der Waals surface area contributed by atoms with Crippen molar-refractivity contribution in [3.63, 3.8) is 0 Å². The van der Waals surface area contributed by atoms with E-state index in [1.165, 1.54) is 5.56 Å². The van der Waals surface area contributed by atoms with Crippen LogP contribution in [0.3, 0.4) is 0 Å². The summed E-state index contributed by atoms with van der Waals surface area (Å²) in [5.41, 5.74) is 1.86. The van der Waals surface area contributed by atoms with Gasteiger partial charge in [0, 0.05) is 0 Å². The van der Waals surface area contributed by atoms with Crippen molar-refractivity contribution < 1.29 is 19.0 Å². The van der Waals surface area contributed by atoms with Crippen molar-refractivity contribution in [3.8, 4) is 16.9 Å². The molecule has 0 aliphatic rings. The molecular weight excluding hydrogens is 316 g/mol. The molecule has 0 spiro atoms. The molecule has 0 radical (unpaired) electrons. The van der Waals surface area contributed by atoms with Crippen molar-refractivity contribution in [3.05, 3.63) is 54.6 Å². The van der Waals surface area contributed by atoms with E-state index in [4.69, 9.17) is 14.2 Å². The Kier molecular flexibility index (Phi) is 7.02. The Bertz CT molecular complexity index is 647. The fourth-order valence-electron chi connectivity index (χ4n) is 2.08. The van der Waals surface area contributed by atoms with Gasteiger partial charge in [-0.1, -0.05) is 49.4 Å². The molecule has 4 heteroatoms. The third kappa shape index (κ3) is 5.91. The first-order valence-corrected chi connectivity index (χ1v) is 8.56. The molecule has 0 aromatic heterocycles. The van der Waals surface area contributed by atoms with Gasteiger partial charge in [-0.2, -0.15) is 0 Å². The molecule has 0 saturated heterocycles. The summed E-state index contributed by atoms with van der Waals surface area (Å²) in [5.74, 6) is 0.541. The summed E-state index contributed by atoms with van der Waals surface area (Å²) in [6.07, 6.45) is 0.745. The summed E-state index contributed by atoms with van der Waals surface area (Å²) < 4.78 is 16.1. The summed E-state index contributed by atoms with van der Waals surface area (Å²) in [7, 11) is 0. The molecule has 25 heavy (non-hydrogen) atoms. The Balaban J connectivity index is 1.66. The minimum Gasteiger partial charge on any atom is -0.468 e. The molecule has 2 rings (SSSR count). The molecule has 0 saturated carbocycles. The Hall–Kier alpha value is -2.33. The first-order chi connectivity index (χ1) is 12.0. The van der Waals surface area contributed by atoms with Gasteiger partial charge in [0.25, 0.3) is 0 Å². The zero-order chi connectivity index (χ0) is 18.1. The Morgan fingerprint density at radius 1 is 0.920 bits per heavy atom. The van der Waals surface area contributed by atoms with Gasteiger partial charge in [-0.25, -0.2) is 0 Å². The predicted molar refractivity (Wildman–Crippen MR) is 98.4 cm³/mol. The Morgan fingerprint density at radius 3 is 2.20 bits per heavy atom. The fraction of sp³-hybridized carbons (Fsp3) is 0.381. The molecule has 0 amide bonds. The van der Waals surface area contributed by atoms with Gasteiger partial charge in [-0.15, -0.1) is 0 Å². The van der Waals surface area contributed by atoms with Gasteiger partial charge in [-0.3, -0.25) is 4.79 Å². The highest BCUT2D eigenvalue weighted by Gasteiger charge is 2.26. The van der Waals surface area contributed by atoms with Crippen molar-refractivity contribution in [2.45, 2.75) is 27.2 Å². The topological polar surface area (TPSA) is 44.8 Å². The summed E-state index contributed by atoms with van der Waals surface area (Å²) in [6.45, 7) is 6.39. The van der Waals surface area contributed by atoms with Crippen LogP contribution in [-0.4, -0.2) is 26.0 Å². The highest BCUT2D eigenvalue weighted by Crippen LogP contribution is 2.22. The second-order valence-electron chi connectivity index (χ2n) is 6.43. The third-order valence-electron chi connectivity index (χ3n) is 4.17. The summed E-state index contributed by atoms with van der Waals surface area (Å²) >= 11 is 0. The number of carbonyl (C=O) groups excluding carboxylic acids is 1. The van der Waals surface area contributed by atoms with E-state index < -0.39 is 5.41 Å². The second-order valence-corrected chi connectivity index (χ2v) is 6.43. The van der Waals surface area contributed by atoms with Crippen LogP contribution in [0.1, 0.15) is 27.2 Å². The van der Waals surface area contributed by atoms with Gasteiger partial charge in [0.2, 0.25) is 0 Å². The molecule has 0 heterocycles. The van der Waals surface area contributed by atoms with Gasteiger partial charge in [-0.05, 0) is 43.5 Å². The standard InChI is InChI=1S/C21H26O4/c1-4-21(2,3)20(22)24-15-14-23-16-25-19-12-10-18(11-13-19)17-8-6-5-7-9-17/h5-13H,4,14-16H2,1-3H3. The maximum Gasteiger partial charge on any atom is 0.311 e. The van der Waals surface area contributed by atoms with Crippen LogP contribution in [0.25, 0.3) is 11.1 Å². The van der Waals surface area contributed by atoms with Crippen molar-refractivity contribution in [1.29, 1.82) is 0 Å². The Labute approximate surface area is 149 Å². The van der Waals surface area contributed by atoms with Gasteiger partial charge >= 0.3 is 5.97 Å². The molecule has 0 unspecified atom stereocenters. The molecule has 0 bridgehead atoms. The SMILES string of the molecule is CCC(C)(C)C(=O)OCCOCOc1ccc(-c2ccccc2)cc1. The number of ether oxygens (including phenoxy) is 3. The average Bonchev–Trinajstić information content (AvgIpc) is 2.65. The van der Waals surface area contributed by atoms with E-state index >= 15 is 0 Å². The molecule has 4 nitrogen and oxygen atoms in total. The number of esters is 1. The average molecular weight is 342 g/mol. The predicted octanol–water partition coefficient (Wildman–Crippen LogP) is 4.69. The van der Waals surface area contributed by atoms with Crippen LogP contribution < -0.4 is 4.74 Å². The lowest BCUT2D eigenvalue weighted by Gasteiger charge is -2.20. The molecule has 0 atom stereocenters. The lowest BCUT2D eigenvalue weighted by molar-refractivity contribution is -0.156. The lowest BCUT2D eigenvalue weighted by Crippen LogP contribution is -2.27. The van der Waals surface area contributed by atoms with Gasteiger partial charge in [0.1, 0.15) is 12.4 Å². The van der Waals surface area contributed by atoms with Crippen LogP contribution in [0.2, 0.25) is 0 Å². The monoisotopic (exact) mass is 342 g/mol. The summed E-state index contributed by atoms with van der Waals surface area (Å²) in [5, 5.41) is 0. The number of rotatable bonds is 9. The van der Waals surface area contributed by atoms with Crippen LogP contribution >= 0.6 is 0 Å². The van der Waals surface area contributed by atoms with E-state index in [-0.39, 0.29) is 19.4 Å². The molecule has 0 N–H and O–H groups in total. The van der Waals surface area contributed by atoms with Crippen LogP contribution in [0.15, 0.2) is 54.6 Å². The van der Waals surface area contributed by atoms with E-state index in [0.717, 1.165) is 17.7 Å². The number of carbonyl (C=O) groups is 1. The van der Waals surface area contributed by atoms with Crippen LogP contribution in [0, 0.1) is 5.41 Å². The Morgan fingerprint density at radius 2 is 1.56 bits per heavy atom. The van der Waals surface area contributed by atoms with Crippen LogP contribution in [0.5, 0.6) is 5.75 Å². The molecule has 134 valence electrons. The number of hydrogen-bond donors (Lipinski definition) is 0. The maximum absolute atomic E-state index is 11.8. The normalized spacial score (nSPS) is 11.2. The largest absolute Gasteiger partial charge is 0.468 e. The zero-order valence-electron chi connectivity index (χ0n) is 15.2. The van der Waals surface area contributed by atoms with E-state index in [1.54, 1.807) is 0 Å². The van der Waals surface area contributed by atoms with E-state index in [1.807, 2.05) is 63.2 Å². The van der Waals surface area contributed by atoms with Crippen molar-refractivity contribution in [1.82, 2.24) is 0 Å². The minimum atomic E-state index is -0.447. The molecule has 2 aromatic carbocycles. The highest BCUT2D eigenvalue weighted by atomic mass is 16.7. The smallest absolute Gasteiger partial charge is 0.311 e. The first-order valence-electron chi connectivity index (χ1n) is 8.56. The van der Waals surface area contributed by atoms with Gasteiger partial charge in [0.15, 0.2) is 6.79 Å². The second kappa shape index (κ2) is 9.23. The van der Waals surface area contributed by atoms with Crippen molar-refractivity contribution in [2.24, 2.45) is 5.41 Å². The lowest BCUT2D eigenvalue weighted by atomic mass is 9.91. The molecular formula is C21H26O4. The van der Waals surface area contributed by atoms with Gasteiger partial charge in [0.05, 0.1) is 12.0 Å². The van der Waals surface area contributed by atoms with E-state index in [9.17, 15) is 4.79 Å². The molecule has 0 aliphatic carbocycles. The van der Waals surface area contributed by atoms with E-state index in [0.29, 0.717) is 6.61 Å². The number of benzene rings is 2. The third-order valence-corrected chi connectivity index (χ3v) is 4.17. The minimum absolute atomic E-state index is 0.124. The van der Waals surface area contributed by atoms with Crippen molar-refractivity contribution in [2.75, 3.05) is 20.0 Å².